The zero-order valence-electron chi connectivity index (χ0n) is 14.7. The summed E-state index contributed by atoms with van der Waals surface area (Å²) >= 11 is 7.34. The lowest BCUT2D eigenvalue weighted by Crippen LogP contribution is -2.28. The van der Waals surface area contributed by atoms with Crippen LogP contribution in [0.4, 0.5) is 5.13 Å². The number of hydrogen-bond donors (Lipinski definition) is 1. The van der Waals surface area contributed by atoms with Crippen molar-refractivity contribution in [3.63, 3.8) is 0 Å². The molecule has 0 aliphatic heterocycles. The Morgan fingerprint density at radius 2 is 2.00 bits per heavy atom. The van der Waals surface area contributed by atoms with Crippen LogP contribution in [-0.4, -0.2) is 15.5 Å². The van der Waals surface area contributed by atoms with Gasteiger partial charge in [-0.3, -0.25) is 14.2 Å². The van der Waals surface area contributed by atoms with Crippen LogP contribution in [0.25, 0.3) is 21.1 Å². The van der Waals surface area contributed by atoms with Crippen LogP contribution in [0.2, 0.25) is 5.02 Å². The topological polar surface area (TPSA) is 64.0 Å². The lowest BCUT2D eigenvalue weighted by atomic mass is 10.1. The molecule has 0 saturated heterocycles. The Morgan fingerprint density at radius 1 is 1.19 bits per heavy atom. The van der Waals surface area contributed by atoms with Gasteiger partial charge in [-0.1, -0.05) is 41.1 Å². The van der Waals surface area contributed by atoms with Gasteiger partial charge in [0.2, 0.25) is 5.91 Å². The van der Waals surface area contributed by atoms with Crippen molar-refractivity contribution in [2.75, 3.05) is 5.32 Å². The highest BCUT2D eigenvalue weighted by Crippen LogP contribution is 2.28. The van der Waals surface area contributed by atoms with Crippen molar-refractivity contribution in [2.24, 2.45) is 0 Å². The fourth-order valence-corrected chi connectivity index (χ4v) is 4.36. The monoisotopic (exact) mass is 397 g/mol. The molecule has 1 N–H and O–H groups in total. The van der Waals surface area contributed by atoms with Crippen LogP contribution in [0.15, 0.2) is 47.3 Å². The minimum Gasteiger partial charge on any atom is -0.300 e. The summed E-state index contributed by atoms with van der Waals surface area (Å²) < 4.78 is 2.41. The number of hydrogen-bond acceptors (Lipinski definition) is 4. The lowest BCUT2D eigenvalue weighted by molar-refractivity contribution is -0.116. The number of amides is 1. The van der Waals surface area contributed by atoms with Crippen molar-refractivity contribution in [3.8, 4) is 0 Å². The first-order valence-corrected chi connectivity index (χ1v) is 9.57. The van der Waals surface area contributed by atoms with Crippen LogP contribution in [0, 0.1) is 13.8 Å². The van der Waals surface area contributed by atoms with Crippen LogP contribution in [0.3, 0.4) is 0 Å². The van der Waals surface area contributed by atoms with Crippen molar-refractivity contribution in [1.82, 2.24) is 9.55 Å². The van der Waals surface area contributed by atoms with Crippen LogP contribution >= 0.6 is 22.9 Å². The minimum atomic E-state index is -0.296. The number of anilines is 1. The summed E-state index contributed by atoms with van der Waals surface area (Å²) in [5, 5.41) is 4.87. The molecule has 2 heterocycles. The number of nitrogens with one attached hydrogen (secondary N) is 1. The molecule has 2 aromatic carbocycles. The third kappa shape index (κ3) is 3.34. The summed E-state index contributed by atoms with van der Waals surface area (Å²) in [5.41, 5.74) is 3.22. The normalized spacial score (nSPS) is 11.2. The Balaban J connectivity index is 1.67. The third-order valence-electron chi connectivity index (χ3n) is 4.44. The molecule has 4 rings (SSSR count). The van der Waals surface area contributed by atoms with Crippen molar-refractivity contribution in [1.29, 1.82) is 0 Å². The lowest BCUT2D eigenvalue weighted by Gasteiger charge is -2.13. The molecule has 0 aliphatic rings. The molecular formula is C20H16ClN3O2S. The number of fused-ring (bicyclic) bond motifs is 2. The number of nitrogens with zero attached hydrogens (tertiary/aromatic N) is 2. The molecule has 136 valence electrons. The molecule has 1 amide bonds. The van der Waals surface area contributed by atoms with Crippen LogP contribution in [0.5, 0.6) is 0 Å². The molecule has 0 fully saturated rings. The number of carbonyl (C=O) groups is 1. The Labute approximate surface area is 164 Å². The second-order valence-electron chi connectivity index (χ2n) is 6.40. The maximum absolute atomic E-state index is 12.6. The van der Waals surface area contributed by atoms with E-state index in [9.17, 15) is 9.59 Å². The Morgan fingerprint density at radius 3 is 2.81 bits per heavy atom. The molecular weight excluding hydrogens is 382 g/mol. The van der Waals surface area contributed by atoms with Crippen molar-refractivity contribution >= 4 is 55.1 Å². The van der Waals surface area contributed by atoms with Gasteiger partial charge in [-0.05, 0) is 43.2 Å². The first kappa shape index (κ1) is 17.7. The van der Waals surface area contributed by atoms with E-state index in [1.54, 1.807) is 12.1 Å². The summed E-state index contributed by atoms with van der Waals surface area (Å²) in [4.78, 5) is 29.5. The summed E-state index contributed by atoms with van der Waals surface area (Å²) in [6.45, 7) is 3.77. The van der Waals surface area contributed by atoms with E-state index in [0.717, 1.165) is 32.2 Å². The molecule has 0 atom stereocenters. The third-order valence-corrected chi connectivity index (χ3v) is 5.61. The largest absolute Gasteiger partial charge is 0.300 e. The number of thiazole rings is 1. The number of aromatic nitrogens is 2. The van der Waals surface area contributed by atoms with E-state index in [4.69, 9.17) is 11.6 Å². The molecule has 0 radical (unpaired) electrons. The van der Waals surface area contributed by atoms with E-state index in [1.165, 1.54) is 15.9 Å². The molecule has 2 aromatic heterocycles. The van der Waals surface area contributed by atoms with Crippen LogP contribution < -0.4 is 10.9 Å². The SMILES string of the molecule is Cc1cc(=O)n(CC(=O)Nc2nc3ccc(Cl)cc3s2)c2c(C)cccc12. The van der Waals surface area contributed by atoms with Crippen molar-refractivity contribution in [2.45, 2.75) is 20.4 Å². The number of halogens is 1. The van der Waals surface area contributed by atoms with Gasteiger partial charge in [0.25, 0.3) is 5.56 Å². The number of carbonyl (C=O) groups excluding carboxylic acids is 1. The minimum absolute atomic E-state index is 0.0723. The Hall–Kier alpha value is -2.70. The molecule has 0 spiro atoms. The van der Waals surface area contributed by atoms with Gasteiger partial charge < -0.3 is 5.32 Å². The van der Waals surface area contributed by atoms with Gasteiger partial charge in [0.05, 0.1) is 15.7 Å². The van der Waals surface area contributed by atoms with Gasteiger partial charge in [0, 0.05) is 16.5 Å². The average molecular weight is 398 g/mol. The average Bonchev–Trinajstić information content (AvgIpc) is 2.99. The predicted molar refractivity (Wildman–Crippen MR) is 111 cm³/mol. The molecule has 27 heavy (non-hydrogen) atoms. The summed E-state index contributed by atoms with van der Waals surface area (Å²) in [7, 11) is 0. The quantitative estimate of drug-likeness (QED) is 0.552. The smallest absolute Gasteiger partial charge is 0.251 e. The van der Waals surface area contributed by atoms with E-state index in [1.807, 2.05) is 44.2 Å². The van der Waals surface area contributed by atoms with E-state index in [2.05, 4.69) is 10.3 Å². The first-order chi connectivity index (χ1) is 12.9. The van der Waals surface area contributed by atoms with E-state index >= 15 is 0 Å². The zero-order chi connectivity index (χ0) is 19.1. The van der Waals surface area contributed by atoms with Crippen molar-refractivity contribution in [3.05, 3.63) is 69.0 Å². The van der Waals surface area contributed by atoms with Gasteiger partial charge in [0.1, 0.15) is 6.54 Å². The van der Waals surface area contributed by atoms with E-state index < -0.39 is 0 Å². The highest BCUT2D eigenvalue weighted by Gasteiger charge is 2.14. The van der Waals surface area contributed by atoms with Crippen molar-refractivity contribution < 1.29 is 4.79 Å². The maximum atomic E-state index is 12.6. The first-order valence-electron chi connectivity index (χ1n) is 8.38. The highest BCUT2D eigenvalue weighted by atomic mass is 35.5. The summed E-state index contributed by atoms with van der Waals surface area (Å²) in [6.07, 6.45) is 0. The zero-order valence-corrected chi connectivity index (χ0v) is 16.3. The molecule has 0 aliphatic carbocycles. The molecule has 0 saturated carbocycles. The highest BCUT2D eigenvalue weighted by molar-refractivity contribution is 7.22. The summed E-state index contributed by atoms with van der Waals surface area (Å²) in [5.74, 6) is -0.296. The molecule has 7 heteroatoms. The van der Waals surface area contributed by atoms with Gasteiger partial charge in [0.15, 0.2) is 5.13 Å². The molecule has 0 bridgehead atoms. The molecule has 0 unspecified atom stereocenters. The number of para-hydroxylation sites is 1. The van der Waals surface area contributed by atoms with Gasteiger partial charge in [-0.25, -0.2) is 4.98 Å². The van der Waals surface area contributed by atoms with Gasteiger partial charge in [-0.2, -0.15) is 0 Å². The van der Waals surface area contributed by atoms with Gasteiger partial charge >= 0.3 is 0 Å². The predicted octanol–water partition coefficient (Wildman–Crippen LogP) is 4.52. The molecule has 5 nitrogen and oxygen atoms in total. The van der Waals surface area contributed by atoms with Crippen LogP contribution in [0.1, 0.15) is 11.1 Å². The number of benzene rings is 2. The van der Waals surface area contributed by atoms with Gasteiger partial charge in [-0.15, -0.1) is 0 Å². The second kappa shape index (κ2) is 6.79. The van der Waals surface area contributed by atoms with E-state index in [0.29, 0.717) is 10.2 Å². The maximum Gasteiger partial charge on any atom is 0.251 e. The Bertz CT molecular complexity index is 1260. The number of aryl methyl sites for hydroxylation is 2. The summed E-state index contributed by atoms with van der Waals surface area (Å²) in [6, 6.07) is 12.8. The Kier molecular flexibility index (Phi) is 4.45. The number of rotatable bonds is 3. The fraction of sp³-hybridized carbons (Fsp3) is 0.150. The molecule has 4 aromatic rings. The number of pyridine rings is 1. The second-order valence-corrected chi connectivity index (χ2v) is 7.87. The van der Waals surface area contributed by atoms with Crippen LogP contribution in [-0.2, 0) is 11.3 Å². The fourth-order valence-electron chi connectivity index (χ4n) is 3.20. The van der Waals surface area contributed by atoms with E-state index in [-0.39, 0.29) is 18.0 Å². The standard InChI is InChI=1S/C20H16ClN3O2S/c1-11-4-3-5-14-12(2)8-18(26)24(19(11)14)10-17(25)23-20-22-15-7-6-13(21)9-16(15)27-20/h3-9H,10H2,1-2H3,(H,22,23,25).